The first kappa shape index (κ1) is 7.73. The lowest BCUT2D eigenvalue weighted by atomic mass is 10.3. The summed E-state index contributed by atoms with van der Waals surface area (Å²) in [5, 5.41) is 4.26. The van der Waals surface area contributed by atoms with Crippen LogP contribution in [-0.4, -0.2) is 0 Å². The Hall–Kier alpha value is -0.650. The van der Waals surface area contributed by atoms with Crippen molar-refractivity contribution in [2.45, 2.75) is 0 Å². The van der Waals surface area contributed by atoms with Crippen LogP contribution in [0.4, 0.5) is 11.4 Å². The van der Waals surface area contributed by atoms with Gasteiger partial charge in [0.15, 0.2) is 0 Å². The molecule has 0 unspecified atom stereocenters. The molecule has 0 atom stereocenters. The van der Waals surface area contributed by atoms with E-state index < -0.39 is 0 Å². The molecule has 0 radical (unpaired) electrons. The van der Waals surface area contributed by atoms with Gasteiger partial charge < -0.3 is 9.44 Å². The van der Waals surface area contributed by atoms with Crippen molar-refractivity contribution in [2.24, 2.45) is 0 Å². The standard InChI is InChI=1S/C8H6N2S3/c1-2-6(11-3-1)8-7-5(4-12-8)9-13-10-7/h1-4,9-10H. The molecule has 66 valence electrons. The van der Waals surface area contributed by atoms with Crippen LogP contribution < -0.4 is 9.44 Å². The van der Waals surface area contributed by atoms with Gasteiger partial charge in [0.25, 0.3) is 0 Å². The van der Waals surface area contributed by atoms with E-state index in [1.54, 1.807) is 22.7 Å². The second-order valence-electron chi connectivity index (χ2n) is 2.64. The quantitative estimate of drug-likeness (QED) is 0.722. The number of rotatable bonds is 1. The molecule has 0 saturated heterocycles. The summed E-state index contributed by atoms with van der Waals surface area (Å²) < 4.78 is 6.46. The number of fused-ring (bicyclic) bond motifs is 1. The van der Waals surface area contributed by atoms with Crippen LogP contribution in [-0.2, 0) is 0 Å². The molecule has 0 amide bonds. The second kappa shape index (κ2) is 2.94. The second-order valence-corrected chi connectivity index (χ2v) is 5.08. The van der Waals surface area contributed by atoms with Crippen molar-refractivity contribution in [1.82, 2.24) is 0 Å². The Bertz CT molecular complexity index is 419. The number of anilines is 2. The molecule has 2 aromatic heterocycles. The maximum Gasteiger partial charge on any atom is 0.0895 e. The Morgan fingerprint density at radius 1 is 1.15 bits per heavy atom. The first-order valence-electron chi connectivity index (χ1n) is 3.78. The highest BCUT2D eigenvalue weighted by Gasteiger charge is 2.18. The number of hydrogen-bond donors (Lipinski definition) is 2. The molecule has 2 nitrogen and oxygen atoms in total. The third kappa shape index (κ3) is 1.15. The highest BCUT2D eigenvalue weighted by atomic mass is 32.2. The topological polar surface area (TPSA) is 24.1 Å². The molecule has 2 N–H and O–H groups in total. The van der Waals surface area contributed by atoms with Gasteiger partial charge >= 0.3 is 0 Å². The molecule has 2 aromatic rings. The minimum atomic E-state index is 1.21. The zero-order valence-corrected chi connectivity index (χ0v) is 8.98. The largest absolute Gasteiger partial charge is 0.309 e. The number of nitrogens with one attached hydrogen (secondary N) is 2. The molecule has 3 rings (SSSR count). The molecule has 0 aliphatic carbocycles. The third-order valence-electron chi connectivity index (χ3n) is 1.85. The lowest BCUT2D eigenvalue weighted by Gasteiger charge is -1.95. The Balaban J connectivity index is 2.16. The zero-order chi connectivity index (χ0) is 8.67. The average molecular weight is 226 g/mol. The van der Waals surface area contributed by atoms with E-state index in [9.17, 15) is 0 Å². The van der Waals surface area contributed by atoms with Crippen LogP contribution in [0, 0.1) is 0 Å². The van der Waals surface area contributed by atoms with Crippen molar-refractivity contribution in [1.29, 1.82) is 0 Å². The molecule has 0 aromatic carbocycles. The first-order valence-corrected chi connectivity index (χ1v) is 6.36. The fourth-order valence-electron chi connectivity index (χ4n) is 1.25. The van der Waals surface area contributed by atoms with Crippen molar-refractivity contribution in [3.63, 3.8) is 0 Å². The highest BCUT2D eigenvalue weighted by Crippen LogP contribution is 2.47. The van der Waals surface area contributed by atoms with Gasteiger partial charge in [-0.15, -0.1) is 22.7 Å². The van der Waals surface area contributed by atoms with Gasteiger partial charge in [-0.05, 0) is 11.4 Å². The maximum atomic E-state index is 3.26. The fraction of sp³-hybridized carbons (Fsp3) is 0. The van der Waals surface area contributed by atoms with E-state index in [2.05, 4.69) is 32.3 Å². The molecular formula is C8H6N2S3. The van der Waals surface area contributed by atoms with Gasteiger partial charge in [0.05, 0.1) is 28.4 Å². The van der Waals surface area contributed by atoms with Gasteiger partial charge in [-0.3, -0.25) is 0 Å². The van der Waals surface area contributed by atoms with Crippen molar-refractivity contribution in [3.8, 4) is 9.75 Å². The predicted octanol–water partition coefficient (Wildman–Crippen LogP) is 3.88. The predicted molar refractivity (Wildman–Crippen MR) is 62.5 cm³/mol. The summed E-state index contributed by atoms with van der Waals surface area (Å²) in [6, 6.07) is 4.24. The Labute approximate surface area is 88.3 Å². The lowest BCUT2D eigenvalue weighted by Crippen LogP contribution is -1.78. The zero-order valence-electron chi connectivity index (χ0n) is 6.53. The van der Waals surface area contributed by atoms with Crippen LogP contribution in [0.2, 0.25) is 0 Å². The molecule has 1 aliphatic rings. The van der Waals surface area contributed by atoms with Crippen LogP contribution in [0.5, 0.6) is 0 Å². The molecule has 0 bridgehead atoms. The summed E-state index contributed by atoms with van der Waals surface area (Å²) in [6.07, 6.45) is 0. The summed E-state index contributed by atoms with van der Waals surface area (Å²) in [4.78, 5) is 2.67. The summed E-state index contributed by atoms with van der Waals surface area (Å²) >= 11 is 5.09. The van der Waals surface area contributed by atoms with E-state index in [1.807, 2.05) is 0 Å². The summed E-state index contributed by atoms with van der Waals surface area (Å²) in [5.74, 6) is 0. The van der Waals surface area contributed by atoms with Crippen molar-refractivity contribution >= 4 is 46.2 Å². The van der Waals surface area contributed by atoms with E-state index in [0.717, 1.165) is 0 Å². The lowest BCUT2D eigenvalue weighted by molar-refractivity contribution is 1.86. The van der Waals surface area contributed by atoms with Crippen molar-refractivity contribution in [3.05, 3.63) is 22.9 Å². The van der Waals surface area contributed by atoms with Gasteiger partial charge in [0, 0.05) is 10.3 Å². The SMILES string of the molecule is c1csc(-c2scc3c2NSN3)c1. The van der Waals surface area contributed by atoms with Gasteiger partial charge in [0.2, 0.25) is 0 Å². The van der Waals surface area contributed by atoms with Gasteiger partial charge in [-0.2, -0.15) is 0 Å². The summed E-state index contributed by atoms with van der Waals surface area (Å²) in [7, 11) is 0. The Kier molecular flexibility index (Phi) is 1.74. The molecule has 5 heteroatoms. The minimum Gasteiger partial charge on any atom is -0.309 e. The van der Waals surface area contributed by atoms with E-state index in [4.69, 9.17) is 0 Å². The summed E-state index contributed by atoms with van der Waals surface area (Å²) in [6.45, 7) is 0. The van der Waals surface area contributed by atoms with Gasteiger partial charge in [-0.1, -0.05) is 6.07 Å². The molecule has 0 saturated carbocycles. The van der Waals surface area contributed by atoms with E-state index >= 15 is 0 Å². The molecule has 1 aliphatic heterocycles. The van der Waals surface area contributed by atoms with Crippen LogP contribution in [0.1, 0.15) is 0 Å². The number of hydrogen-bond acceptors (Lipinski definition) is 5. The highest BCUT2D eigenvalue weighted by molar-refractivity contribution is 8.02. The maximum absolute atomic E-state index is 3.26. The Morgan fingerprint density at radius 2 is 2.15 bits per heavy atom. The number of thiophene rings is 2. The van der Waals surface area contributed by atoms with E-state index in [-0.39, 0.29) is 0 Å². The first-order chi connectivity index (χ1) is 6.45. The Morgan fingerprint density at radius 3 is 3.00 bits per heavy atom. The third-order valence-corrected chi connectivity index (χ3v) is 4.51. The van der Waals surface area contributed by atoms with Gasteiger partial charge in [-0.25, -0.2) is 0 Å². The molecule has 13 heavy (non-hydrogen) atoms. The van der Waals surface area contributed by atoms with E-state index in [0.29, 0.717) is 0 Å². The van der Waals surface area contributed by atoms with Crippen molar-refractivity contribution < 1.29 is 0 Å². The smallest absolute Gasteiger partial charge is 0.0895 e. The molecule has 0 fully saturated rings. The van der Waals surface area contributed by atoms with Crippen molar-refractivity contribution in [2.75, 3.05) is 9.44 Å². The summed E-state index contributed by atoms with van der Waals surface area (Å²) in [5.41, 5.74) is 2.44. The minimum absolute atomic E-state index is 1.21. The van der Waals surface area contributed by atoms with E-state index in [1.165, 1.54) is 33.3 Å². The molecular weight excluding hydrogens is 220 g/mol. The average Bonchev–Trinajstić information content (AvgIpc) is 2.79. The van der Waals surface area contributed by atoms with Gasteiger partial charge in [0.1, 0.15) is 0 Å². The van der Waals surface area contributed by atoms with Crippen LogP contribution in [0.15, 0.2) is 22.9 Å². The fourth-order valence-corrected chi connectivity index (χ4v) is 3.86. The normalized spacial score (nSPS) is 13.5. The van der Waals surface area contributed by atoms with Crippen LogP contribution in [0.3, 0.4) is 0 Å². The van der Waals surface area contributed by atoms with Crippen LogP contribution in [0.25, 0.3) is 9.75 Å². The van der Waals surface area contributed by atoms with Crippen LogP contribution >= 0.6 is 34.8 Å². The molecule has 0 spiro atoms. The monoisotopic (exact) mass is 226 g/mol. The molecule has 3 heterocycles.